The lowest BCUT2D eigenvalue weighted by atomic mass is 10.1. The number of carboxylic acids is 1. The molecule has 3 rings (SSSR count). The maximum atomic E-state index is 12.4. The first kappa shape index (κ1) is 18.6. The Morgan fingerprint density at radius 2 is 2.00 bits per heavy atom. The third-order valence-corrected chi connectivity index (χ3v) is 4.41. The van der Waals surface area contributed by atoms with Gasteiger partial charge in [0, 0.05) is 25.2 Å². The lowest BCUT2D eigenvalue weighted by molar-refractivity contribution is -0.138. The number of rotatable bonds is 7. The van der Waals surface area contributed by atoms with Gasteiger partial charge in [0.2, 0.25) is 0 Å². The molecule has 27 heavy (non-hydrogen) atoms. The third kappa shape index (κ3) is 4.33. The molecular formula is C19H23N5O3. The number of amides is 1. The molecule has 2 heterocycles. The number of nitrogens with one attached hydrogen (secondary N) is 1. The Morgan fingerprint density at radius 3 is 2.63 bits per heavy atom. The van der Waals surface area contributed by atoms with Crippen molar-refractivity contribution in [3.05, 3.63) is 47.8 Å². The van der Waals surface area contributed by atoms with Gasteiger partial charge in [-0.3, -0.25) is 14.5 Å². The van der Waals surface area contributed by atoms with Crippen molar-refractivity contribution in [2.24, 2.45) is 5.10 Å². The molecule has 8 heteroatoms. The smallest absolute Gasteiger partial charge is 0.328 e. The summed E-state index contributed by atoms with van der Waals surface area (Å²) in [5.41, 5.74) is 2.94. The maximum absolute atomic E-state index is 12.4. The minimum atomic E-state index is -1.00. The molecule has 1 unspecified atom stereocenters. The first-order chi connectivity index (χ1) is 13.0. The van der Waals surface area contributed by atoms with E-state index in [2.05, 4.69) is 15.5 Å². The summed E-state index contributed by atoms with van der Waals surface area (Å²) in [5, 5.41) is 22.3. The summed E-state index contributed by atoms with van der Waals surface area (Å²) in [6, 6.07) is 10.1. The second kappa shape index (κ2) is 8.03. The van der Waals surface area contributed by atoms with E-state index < -0.39 is 12.0 Å². The monoisotopic (exact) mass is 369 g/mol. The van der Waals surface area contributed by atoms with Crippen LogP contribution in [0.4, 0.5) is 5.69 Å². The number of carboxylic acid groups (broad SMARTS) is 1. The highest BCUT2D eigenvalue weighted by Crippen LogP contribution is 2.24. The third-order valence-electron chi connectivity index (χ3n) is 4.41. The van der Waals surface area contributed by atoms with Crippen LogP contribution in [0.3, 0.4) is 0 Å². The molecule has 2 N–H and O–H groups in total. The first-order valence-electron chi connectivity index (χ1n) is 8.89. The molecule has 1 aromatic heterocycles. The largest absolute Gasteiger partial charge is 0.480 e. The van der Waals surface area contributed by atoms with Gasteiger partial charge < -0.3 is 10.4 Å². The Morgan fingerprint density at radius 1 is 1.26 bits per heavy atom. The summed E-state index contributed by atoms with van der Waals surface area (Å²) < 4.78 is 1.91. The summed E-state index contributed by atoms with van der Waals surface area (Å²) in [6.07, 6.45) is 0.805. The van der Waals surface area contributed by atoms with E-state index in [9.17, 15) is 14.7 Å². The van der Waals surface area contributed by atoms with Crippen LogP contribution >= 0.6 is 0 Å². The van der Waals surface area contributed by atoms with Gasteiger partial charge in [-0.05, 0) is 38.5 Å². The zero-order chi connectivity index (χ0) is 19.4. The summed E-state index contributed by atoms with van der Waals surface area (Å²) in [4.78, 5) is 23.9. The van der Waals surface area contributed by atoms with Gasteiger partial charge in [0.15, 0.2) is 6.04 Å². The molecule has 1 atom stereocenters. The quantitative estimate of drug-likeness (QED) is 0.724. The predicted molar refractivity (Wildman–Crippen MR) is 102 cm³/mol. The molecule has 142 valence electrons. The number of benzene rings is 1. The number of aliphatic carboxylic acids is 1. The number of carbonyl (C=O) groups excluding carboxylic acids is 1. The molecule has 1 aliphatic rings. The minimum Gasteiger partial charge on any atom is -0.480 e. The Labute approximate surface area is 157 Å². The van der Waals surface area contributed by atoms with E-state index in [1.54, 1.807) is 24.3 Å². The second-order valence-corrected chi connectivity index (χ2v) is 6.54. The van der Waals surface area contributed by atoms with Crippen LogP contribution in [0.5, 0.6) is 0 Å². The fraction of sp³-hybridized carbons (Fsp3) is 0.368. The Balaban J connectivity index is 1.57. The van der Waals surface area contributed by atoms with Crippen molar-refractivity contribution in [3.8, 4) is 0 Å². The molecule has 2 aromatic rings. The maximum Gasteiger partial charge on any atom is 0.328 e. The van der Waals surface area contributed by atoms with Gasteiger partial charge in [-0.25, -0.2) is 4.79 Å². The van der Waals surface area contributed by atoms with Crippen molar-refractivity contribution < 1.29 is 14.7 Å². The predicted octanol–water partition coefficient (Wildman–Crippen LogP) is 1.73. The van der Waals surface area contributed by atoms with Crippen LogP contribution in [0.2, 0.25) is 0 Å². The average molecular weight is 369 g/mol. The van der Waals surface area contributed by atoms with Crippen molar-refractivity contribution in [2.45, 2.75) is 39.3 Å². The van der Waals surface area contributed by atoms with Gasteiger partial charge in [0.05, 0.1) is 11.4 Å². The van der Waals surface area contributed by atoms with Crippen molar-refractivity contribution in [1.82, 2.24) is 15.1 Å². The van der Waals surface area contributed by atoms with Crippen LogP contribution in [-0.2, 0) is 16.1 Å². The van der Waals surface area contributed by atoms with Crippen LogP contribution in [0.1, 0.15) is 24.2 Å². The number of aromatic nitrogens is 2. The summed E-state index contributed by atoms with van der Waals surface area (Å²) in [6.45, 7) is 5.12. The van der Waals surface area contributed by atoms with E-state index in [0.717, 1.165) is 17.8 Å². The number of hydrogen-bond acceptors (Lipinski definition) is 5. The van der Waals surface area contributed by atoms with Crippen LogP contribution in [0, 0.1) is 13.8 Å². The number of nitrogens with zero attached hydrogens (tertiary/aromatic N) is 4. The Kier molecular flexibility index (Phi) is 5.54. The second-order valence-electron chi connectivity index (χ2n) is 6.54. The van der Waals surface area contributed by atoms with Gasteiger partial charge in [0.1, 0.15) is 5.71 Å². The van der Waals surface area contributed by atoms with Crippen LogP contribution in [0.25, 0.3) is 0 Å². The van der Waals surface area contributed by atoms with E-state index >= 15 is 0 Å². The lowest BCUT2D eigenvalue weighted by Gasteiger charge is -2.19. The molecular weight excluding hydrogens is 346 g/mol. The Bertz CT molecular complexity index is 859. The molecule has 1 aromatic carbocycles. The zero-order valence-electron chi connectivity index (χ0n) is 15.4. The number of carbonyl (C=O) groups is 2. The molecule has 1 amide bonds. The number of hydrogen-bond donors (Lipinski definition) is 2. The van der Waals surface area contributed by atoms with E-state index in [-0.39, 0.29) is 18.0 Å². The van der Waals surface area contributed by atoms with Crippen molar-refractivity contribution >= 4 is 23.3 Å². The summed E-state index contributed by atoms with van der Waals surface area (Å²) in [5.74, 6) is -1.33. The van der Waals surface area contributed by atoms with Gasteiger partial charge in [-0.2, -0.15) is 10.2 Å². The Hall–Kier alpha value is -3.16. The van der Waals surface area contributed by atoms with Gasteiger partial charge in [-0.15, -0.1) is 0 Å². The summed E-state index contributed by atoms with van der Waals surface area (Å²) in [7, 11) is 0. The van der Waals surface area contributed by atoms with Crippen LogP contribution in [0.15, 0.2) is 41.5 Å². The summed E-state index contributed by atoms with van der Waals surface area (Å²) >= 11 is 0. The van der Waals surface area contributed by atoms with E-state index in [4.69, 9.17) is 0 Å². The number of para-hydroxylation sites is 1. The SMILES string of the molecule is Cc1cc(C)n(CCCNC(=O)C2=NN(c3ccccc3)C(C(=O)O)C2)n1. The minimum absolute atomic E-state index is 0.0769. The molecule has 0 saturated carbocycles. The van der Waals surface area contributed by atoms with Crippen LogP contribution in [-0.4, -0.2) is 45.1 Å². The van der Waals surface area contributed by atoms with E-state index in [0.29, 0.717) is 18.8 Å². The molecule has 0 radical (unpaired) electrons. The van der Waals surface area contributed by atoms with E-state index in [1.807, 2.05) is 30.7 Å². The zero-order valence-corrected chi connectivity index (χ0v) is 15.4. The van der Waals surface area contributed by atoms with Crippen molar-refractivity contribution in [3.63, 3.8) is 0 Å². The van der Waals surface area contributed by atoms with Crippen molar-refractivity contribution in [2.75, 3.05) is 11.6 Å². The number of hydrazone groups is 1. The molecule has 0 fully saturated rings. The van der Waals surface area contributed by atoms with Gasteiger partial charge in [0.25, 0.3) is 5.91 Å². The standard InChI is InChI=1S/C19H23N5O3/c1-13-11-14(2)23(21-13)10-6-9-20-18(25)16-12-17(19(26)27)24(22-16)15-7-4-3-5-8-15/h3-5,7-8,11,17H,6,9-10,12H2,1-2H3,(H,20,25)(H,26,27). The van der Waals surface area contributed by atoms with Crippen LogP contribution < -0.4 is 10.3 Å². The highest BCUT2D eigenvalue weighted by Gasteiger charge is 2.35. The molecule has 1 aliphatic heterocycles. The highest BCUT2D eigenvalue weighted by atomic mass is 16.4. The fourth-order valence-electron chi connectivity index (χ4n) is 3.09. The first-order valence-corrected chi connectivity index (χ1v) is 8.89. The number of anilines is 1. The molecule has 8 nitrogen and oxygen atoms in total. The van der Waals surface area contributed by atoms with Gasteiger partial charge in [-0.1, -0.05) is 18.2 Å². The molecule has 0 saturated heterocycles. The molecule has 0 bridgehead atoms. The van der Waals surface area contributed by atoms with Crippen molar-refractivity contribution in [1.29, 1.82) is 0 Å². The highest BCUT2D eigenvalue weighted by molar-refractivity contribution is 6.40. The average Bonchev–Trinajstić information content (AvgIpc) is 3.23. The normalized spacial score (nSPS) is 16.3. The van der Waals surface area contributed by atoms with E-state index in [1.165, 1.54) is 5.01 Å². The topological polar surface area (TPSA) is 99.8 Å². The lowest BCUT2D eigenvalue weighted by Crippen LogP contribution is -2.35. The molecule has 0 spiro atoms. The number of aryl methyl sites for hydroxylation is 3. The van der Waals surface area contributed by atoms with Gasteiger partial charge >= 0.3 is 5.97 Å². The molecule has 0 aliphatic carbocycles. The fourth-order valence-corrected chi connectivity index (χ4v) is 3.09.